The topological polar surface area (TPSA) is 74.8 Å². The summed E-state index contributed by atoms with van der Waals surface area (Å²) in [6.07, 6.45) is 0. The lowest BCUT2D eigenvalue weighted by Gasteiger charge is -2.44. The fraction of sp³-hybridized carbons (Fsp3) is 0.333. The average Bonchev–Trinajstić information content (AvgIpc) is 2.69. The summed E-state index contributed by atoms with van der Waals surface area (Å²) >= 11 is 0. The van der Waals surface area contributed by atoms with Crippen LogP contribution in [0.4, 0.5) is 0 Å². The van der Waals surface area contributed by atoms with Crippen LogP contribution < -0.4 is 0 Å². The van der Waals surface area contributed by atoms with Gasteiger partial charge in [-0.1, -0.05) is 48.5 Å². The van der Waals surface area contributed by atoms with Crippen molar-refractivity contribution in [2.24, 2.45) is 0 Å². The van der Waals surface area contributed by atoms with Crippen LogP contribution in [0.5, 0.6) is 0 Å². The molecule has 0 amide bonds. The van der Waals surface area contributed by atoms with Crippen LogP contribution in [0.25, 0.3) is 0 Å². The highest BCUT2D eigenvalue weighted by Gasteiger charge is 2.43. The van der Waals surface area contributed by atoms with Crippen LogP contribution in [0.3, 0.4) is 0 Å². The van der Waals surface area contributed by atoms with E-state index < -0.39 is 22.1 Å². The van der Waals surface area contributed by atoms with Crippen molar-refractivity contribution in [1.82, 2.24) is 9.21 Å². The lowest BCUT2D eigenvalue weighted by Crippen LogP contribution is -2.63. The minimum atomic E-state index is -3.79. The van der Waals surface area contributed by atoms with Crippen molar-refractivity contribution < 1.29 is 18.0 Å². The van der Waals surface area contributed by atoms with Crippen molar-refractivity contribution in [1.29, 1.82) is 0 Å². The van der Waals surface area contributed by atoms with E-state index in [-0.39, 0.29) is 29.6 Å². The molecule has 0 spiro atoms. The number of carbonyl (C=O) groups is 2. The van der Waals surface area contributed by atoms with E-state index >= 15 is 0 Å². The third kappa shape index (κ3) is 4.22. The van der Waals surface area contributed by atoms with Gasteiger partial charge in [0.2, 0.25) is 10.0 Å². The molecular weight excluding hydrogens is 376 g/mol. The molecule has 0 N–H and O–H groups in total. The maximum absolute atomic E-state index is 13.1. The first-order valence-electron chi connectivity index (χ1n) is 9.16. The molecular formula is C21H24N2O4S. The van der Waals surface area contributed by atoms with Gasteiger partial charge < -0.3 is 0 Å². The molecule has 0 saturated carbocycles. The molecule has 1 fully saturated rings. The van der Waals surface area contributed by atoms with Crippen LogP contribution in [-0.4, -0.2) is 54.4 Å². The van der Waals surface area contributed by atoms with Crippen LogP contribution in [0.1, 0.15) is 19.4 Å². The van der Waals surface area contributed by atoms with Crippen molar-refractivity contribution in [3.63, 3.8) is 0 Å². The number of hydrogen-bond acceptors (Lipinski definition) is 5. The van der Waals surface area contributed by atoms with E-state index in [2.05, 4.69) is 0 Å². The van der Waals surface area contributed by atoms with Crippen molar-refractivity contribution in [3.8, 4) is 0 Å². The van der Waals surface area contributed by atoms with Gasteiger partial charge >= 0.3 is 0 Å². The highest BCUT2D eigenvalue weighted by molar-refractivity contribution is 7.89. The third-order valence-corrected chi connectivity index (χ3v) is 6.93. The normalized spacial score (nSPS) is 21.4. The molecule has 2 atom stereocenters. The third-order valence-electron chi connectivity index (χ3n) is 5.08. The Labute approximate surface area is 165 Å². The molecule has 0 unspecified atom stereocenters. The molecule has 28 heavy (non-hydrogen) atoms. The summed E-state index contributed by atoms with van der Waals surface area (Å²) in [5.74, 6) is -0.315. The van der Waals surface area contributed by atoms with Gasteiger partial charge in [-0.25, -0.2) is 8.42 Å². The number of hydrogen-bond donors (Lipinski definition) is 0. The van der Waals surface area contributed by atoms with E-state index in [4.69, 9.17) is 0 Å². The van der Waals surface area contributed by atoms with Crippen LogP contribution in [0.15, 0.2) is 65.6 Å². The Morgan fingerprint density at radius 2 is 1.32 bits per heavy atom. The fourth-order valence-electron chi connectivity index (χ4n) is 3.56. The van der Waals surface area contributed by atoms with E-state index in [1.165, 1.54) is 30.3 Å². The minimum Gasteiger partial charge on any atom is -0.298 e. The Kier molecular flexibility index (Phi) is 6.07. The molecule has 2 aromatic carbocycles. The van der Waals surface area contributed by atoms with Gasteiger partial charge in [-0.15, -0.1) is 0 Å². The molecule has 0 bridgehead atoms. The van der Waals surface area contributed by atoms with Gasteiger partial charge in [0.05, 0.1) is 17.0 Å². The van der Waals surface area contributed by atoms with Gasteiger partial charge in [-0.3, -0.25) is 14.5 Å². The maximum atomic E-state index is 13.1. The Bertz CT molecular complexity index is 921. The van der Waals surface area contributed by atoms with E-state index in [0.717, 1.165) is 5.56 Å². The highest BCUT2D eigenvalue weighted by Crippen LogP contribution is 2.26. The van der Waals surface area contributed by atoms with Crippen molar-refractivity contribution in [3.05, 3.63) is 66.2 Å². The van der Waals surface area contributed by atoms with Crippen molar-refractivity contribution in [2.75, 3.05) is 13.1 Å². The summed E-state index contributed by atoms with van der Waals surface area (Å²) in [6.45, 7) is 3.36. The second-order valence-electron chi connectivity index (χ2n) is 7.05. The predicted octanol–water partition coefficient (Wildman–Crippen LogP) is 2.11. The van der Waals surface area contributed by atoms with Crippen LogP contribution in [0, 0.1) is 0 Å². The summed E-state index contributed by atoms with van der Waals surface area (Å²) in [5, 5.41) is 0. The minimum absolute atomic E-state index is 0.0309. The second-order valence-corrected chi connectivity index (χ2v) is 8.98. The summed E-state index contributed by atoms with van der Waals surface area (Å²) in [4.78, 5) is 26.8. The lowest BCUT2D eigenvalue weighted by atomic mass is 10.0. The number of piperazine rings is 1. The highest BCUT2D eigenvalue weighted by atomic mass is 32.2. The zero-order valence-electron chi connectivity index (χ0n) is 16.0. The number of carbonyl (C=O) groups excluding carboxylic acids is 2. The van der Waals surface area contributed by atoms with Crippen molar-refractivity contribution in [2.45, 2.75) is 37.4 Å². The zero-order valence-corrected chi connectivity index (χ0v) is 16.8. The molecule has 148 valence electrons. The number of Topliss-reactive ketones (excluding diaryl/α,β-unsaturated/α-hetero) is 2. The Balaban J connectivity index is 1.95. The second kappa shape index (κ2) is 8.34. The quantitative estimate of drug-likeness (QED) is 0.742. The standard InChI is InChI=1S/C21H24N2O4S/c1-16(24)20-14-22(28(26,27)19-11-7-4-8-12-19)15-21(17(2)25)23(20)13-18-9-5-3-6-10-18/h3-12,20-21H,13-15H2,1-2H3/t20-,21+. The molecule has 1 saturated heterocycles. The molecule has 7 heteroatoms. The molecule has 6 nitrogen and oxygen atoms in total. The molecule has 1 aliphatic heterocycles. The smallest absolute Gasteiger partial charge is 0.243 e. The Morgan fingerprint density at radius 3 is 1.79 bits per heavy atom. The van der Waals surface area contributed by atoms with Crippen LogP contribution in [0.2, 0.25) is 0 Å². The monoisotopic (exact) mass is 400 g/mol. The van der Waals surface area contributed by atoms with E-state index in [0.29, 0.717) is 6.54 Å². The van der Waals surface area contributed by atoms with E-state index in [9.17, 15) is 18.0 Å². The SMILES string of the molecule is CC(=O)[C@H]1CN(S(=O)(=O)c2ccccc2)C[C@@H](C(C)=O)N1Cc1ccccc1. The number of sulfonamides is 1. The molecule has 2 aromatic rings. The molecule has 1 aliphatic rings. The largest absolute Gasteiger partial charge is 0.298 e. The Morgan fingerprint density at radius 1 is 0.857 bits per heavy atom. The predicted molar refractivity (Wildman–Crippen MR) is 106 cm³/mol. The molecule has 3 rings (SSSR count). The summed E-state index contributed by atoms with van der Waals surface area (Å²) in [5.41, 5.74) is 0.972. The van der Waals surface area contributed by atoms with Gasteiger partial charge in [0.15, 0.2) is 0 Å². The van der Waals surface area contributed by atoms with Gasteiger partial charge in [-0.05, 0) is 31.5 Å². The fourth-order valence-corrected chi connectivity index (χ4v) is 5.04. The molecule has 0 radical (unpaired) electrons. The lowest BCUT2D eigenvalue weighted by molar-refractivity contribution is -0.132. The molecule has 1 heterocycles. The first-order chi connectivity index (χ1) is 13.3. The van der Waals surface area contributed by atoms with Crippen LogP contribution >= 0.6 is 0 Å². The molecule has 0 aliphatic carbocycles. The van der Waals surface area contributed by atoms with Crippen molar-refractivity contribution >= 4 is 21.6 Å². The molecule has 0 aromatic heterocycles. The maximum Gasteiger partial charge on any atom is 0.243 e. The number of benzene rings is 2. The number of nitrogens with zero attached hydrogens (tertiary/aromatic N) is 2. The van der Waals surface area contributed by atoms with E-state index in [1.807, 2.05) is 35.2 Å². The van der Waals surface area contributed by atoms with Gasteiger partial charge in [0.1, 0.15) is 11.6 Å². The average molecular weight is 401 g/mol. The van der Waals surface area contributed by atoms with E-state index in [1.54, 1.807) is 18.2 Å². The summed E-state index contributed by atoms with van der Waals surface area (Å²) in [6, 6.07) is 16.3. The summed E-state index contributed by atoms with van der Waals surface area (Å²) < 4.78 is 27.4. The number of ketones is 2. The zero-order chi connectivity index (χ0) is 20.3. The van der Waals surface area contributed by atoms with Gasteiger partial charge in [0, 0.05) is 19.6 Å². The van der Waals surface area contributed by atoms with Crippen LogP contribution in [-0.2, 0) is 26.2 Å². The van der Waals surface area contributed by atoms with Gasteiger partial charge in [0.25, 0.3) is 0 Å². The van der Waals surface area contributed by atoms with Gasteiger partial charge in [-0.2, -0.15) is 4.31 Å². The first kappa shape index (κ1) is 20.4. The summed E-state index contributed by atoms with van der Waals surface area (Å²) in [7, 11) is -3.79. The number of rotatable bonds is 6. The Hall–Kier alpha value is -2.35. The first-order valence-corrected chi connectivity index (χ1v) is 10.6.